The Balaban J connectivity index is 2.44. The van der Waals surface area contributed by atoms with E-state index in [0.717, 1.165) is 5.19 Å². The number of rotatable bonds is 4. The Morgan fingerprint density at radius 3 is 2.05 bits per heavy atom. The standard InChI is InChI=1S/C16H16F4OSi/c1-4-21-22(2,3)11-7-5-10(6-8-11)12-9-13(17)15(19)16(20)14(12)18/h5-9H,4H2,1-3H3. The lowest BCUT2D eigenvalue weighted by atomic mass is 10.0. The van der Waals surface area contributed by atoms with Gasteiger partial charge in [-0.3, -0.25) is 0 Å². The van der Waals surface area contributed by atoms with Gasteiger partial charge in [0.2, 0.25) is 8.32 Å². The summed E-state index contributed by atoms with van der Waals surface area (Å²) in [5.41, 5.74) is -0.0285. The molecule has 0 aliphatic rings. The Hall–Kier alpha value is -1.66. The summed E-state index contributed by atoms with van der Waals surface area (Å²) in [5, 5.41) is 0.974. The summed E-state index contributed by atoms with van der Waals surface area (Å²) in [4.78, 5) is 0. The van der Waals surface area contributed by atoms with E-state index in [-0.39, 0.29) is 11.1 Å². The molecule has 0 aromatic heterocycles. The first-order valence-corrected chi connectivity index (χ1v) is 9.76. The molecule has 6 heteroatoms. The van der Waals surface area contributed by atoms with Gasteiger partial charge in [0.25, 0.3) is 0 Å². The SMILES string of the molecule is CCO[Si](C)(C)c1ccc(-c2cc(F)c(F)c(F)c2F)cc1. The average Bonchev–Trinajstić information content (AvgIpc) is 2.49. The van der Waals surface area contributed by atoms with E-state index < -0.39 is 31.6 Å². The third kappa shape index (κ3) is 3.07. The fourth-order valence-electron chi connectivity index (χ4n) is 2.28. The highest BCUT2D eigenvalue weighted by atomic mass is 28.4. The van der Waals surface area contributed by atoms with Crippen LogP contribution in [0.25, 0.3) is 11.1 Å². The monoisotopic (exact) mass is 328 g/mol. The van der Waals surface area contributed by atoms with Crippen LogP contribution in [-0.4, -0.2) is 14.9 Å². The maximum absolute atomic E-state index is 13.8. The third-order valence-electron chi connectivity index (χ3n) is 3.50. The summed E-state index contributed by atoms with van der Waals surface area (Å²) in [6, 6.07) is 7.26. The van der Waals surface area contributed by atoms with Crippen molar-refractivity contribution in [3.63, 3.8) is 0 Å². The number of hydrogen-bond acceptors (Lipinski definition) is 1. The summed E-state index contributed by atoms with van der Waals surface area (Å²) in [6.45, 7) is 6.53. The first kappa shape index (κ1) is 16.7. The third-order valence-corrected chi connectivity index (χ3v) is 6.23. The maximum atomic E-state index is 13.8. The van der Waals surface area contributed by atoms with Gasteiger partial charge in [0.15, 0.2) is 23.3 Å². The molecular formula is C16H16F4OSi. The van der Waals surface area contributed by atoms with Crippen LogP contribution in [0.1, 0.15) is 6.92 Å². The van der Waals surface area contributed by atoms with Crippen molar-refractivity contribution in [2.24, 2.45) is 0 Å². The van der Waals surface area contributed by atoms with Crippen molar-refractivity contribution in [2.75, 3.05) is 6.61 Å². The molecule has 0 aliphatic carbocycles. The van der Waals surface area contributed by atoms with Gasteiger partial charge >= 0.3 is 0 Å². The van der Waals surface area contributed by atoms with Gasteiger partial charge in [-0.2, -0.15) is 0 Å². The van der Waals surface area contributed by atoms with Crippen LogP contribution in [0.15, 0.2) is 30.3 Å². The Morgan fingerprint density at radius 2 is 1.50 bits per heavy atom. The highest BCUT2D eigenvalue weighted by molar-refractivity contribution is 6.84. The molecule has 2 aromatic carbocycles. The van der Waals surface area contributed by atoms with E-state index in [0.29, 0.717) is 12.7 Å². The molecule has 0 bridgehead atoms. The predicted octanol–water partition coefficient (Wildman–Crippen LogP) is 4.36. The lowest BCUT2D eigenvalue weighted by Gasteiger charge is -2.22. The topological polar surface area (TPSA) is 9.23 Å². The average molecular weight is 328 g/mol. The highest BCUT2D eigenvalue weighted by Crippen LogP contribution is 2.27. The molecule has 0 heterocycles. The van der Waals surface area contributed by atoms with Crippen molar-refractivity contribution in [1.82, 2.24) is 0 Å². The summed E-state index contributed by atoms with van der Waals surface area (Å²) in [5.74, 6) is -6.42. The van der Waals surface area contributed by atoms with Crippen LogP contribution in [0, 0.1) is 23.3 Å². The Kier molecular flexibility index (Phi) is 4.72. The van der Waals surface area contributed by atoms with Crippen molar-refractivity contribution in [3.05, 3.63) is 53.6 Å². The lowest BCUT2D eigenvalue weighted by Crippen LogP contribution is -2.44. The Morgan fingerprint density at radius 1 is 0.909 bits per heavy atom. The van der Waals surface area contributed by atoms with Crippen molar-refractivity contribution in [1.29, 1.82) is 0 Å². The number of hydrogen-bond donors (Lipinski definition) is 0. The second kappa shape index (κ2) is 6.22. The summed E-state index contributed by atoms with van der Waals surface area (Å²) >= 11 is 0. The van der Waals surface area contributed by atoms with Crippen molar-refractivity contribution < 1.29 is 22.0 Å². The second-order valence-corrected chi connectivity index (χ2v) is 9.26. The zero-order chi connectivity index (χ0) is 16.5. The van der Waals surface area contributed by atoms with E-state index >= 15 is 0 Å². The van der Waals surface area contributed by atoms with Gasteiger partial charge in [0.05, 0.1) is 0 Å². The van der Waals surface area contributed by atoms with Gasteiger partial charge in [-0.25, -0.2) is 17.6 Å². The summed E-state index contributed by atoms with van der Waals surface area (Å²) < 4.78 is 59.1. The minimum atomic E-state index is -2.05. The van der Waals surface area contributed by atoms with Crippen LogP contribution in [0.5, 0.6) is 0 Å². The summed E-state index contributed by atoms with van der Waals surface area (Å²) in [6.07, 6.45) is 0. The molecule has 0 aliphatic heterocycles. The molecule has 1 nitrogen and oxygen atoms in total. The minimum absolute atomic E-state index is 0.278. The normalized spacial score (nSPS) is 11.8. The molecule has 0 fully saturated rings. The zero-order valence-corrected chi connectivity index (χ0v) is 13.5. The molecule has 0 saturated heterocycles. The quantitative estimate of drug-likeness (QED) is 0.351. The molecule has 0 atom stereocenters. The number of benzene rings is 2. The van der Waals surface area contributed by atoms with E-state index in [1.807, 2.05) is 20.0 Å². The molecule has 118 valence electrons. The molecular weight excluding hydrogens is 312 g/mol. The number of halogens is 4. The van der Waals surface area contributed by atoms with E-state index in [9.17, 15) is 17.6 Å². The van der Waals surface area contributed by atoms with E-state index in [2.05, 4.69) is 0 Å². The molecule has 0 N–H and O–H groups in total. The van der Waals surface area contributed by atoms with E-state index in [4.69, 9.17) is 4.43 Å². The highest BCUT2D eigenvalue weighted by Gasteiger charge is 2.25. The Labute approximate surface area is 127 Å². The fraction of sp³-hybridized carbons (Fsp3) is 0.250. The summed E-state index contributed by atoms with van der Waals surface area (Å²) in [7, 11) is -2.05. The van der Waals surface area contributed by atoms with Gasteiger partial charge < -0.3 is 4.43 Å². The molecule has 0 spiro atoms. The zero-order valence-electron chi connectivity index (χ0n) is 12.5. The molecule has 22 heavy (non-hydrogen) atoms. The van der Waals surface area contributed by atoms with Gasteiger partial charge in [-0.15, -0.1) is 0 Å². The van der Waals surface area contributed by atoms with Crippen LogP contribution in [0.3, 0.4) is 0 Å². The van der Waals surface area contributed by atoms with E-state index in [1.54, 1.807) is 24.3 Å². The molecule has 0 saturated carbocycles. The van der Waals surface area contributed by atoms with Crippen LogP contribution >= 0.6 is 0 Å². The molecule has 2 rings (SSSR count). The molecule has 0 radical (unpaired) electrons. The van der Waals surface area contributed by atoms with Crippen molar-refractivity contribution in [2.45, 2.75) is 20.0 Å². The van der Waals surface area contributed by atoms with Crippen LogP contribution in [0.2, 0.25) is 13.1 Å². The van der Waals surface area contributed by atoms with Crippen LogP contribution in [0.4, 0.5) is 17.6 Å². The Bertz CT molecular complexity index is 684. The fourth-order valence-corrected chi connectivity index (χ4v) is 4.14. The first-order valence-electron chi connectivity index (χ1n) is 6.85. The van der Waals surface area contributed by atoms with Gasteiger partial charge in [-0.05, 0) is 36.8 Å². The van der Waals surface area contributed by atoms with Gasteiger partial charge in [0, 0.05) is 12.2 Å². The van der Waals surface area contributed by atoms with Gasteiger partial charge in [-0.1, -0.05) is 24.3 Å². The van der Waals surface area contributed by atoms with Crippen molar-refractivity contribution in [3.8, 4) is 11.1 Å². The first-order chi connectivity index (χ1) is 10.3. The van der Waals surface area contributed by atoms with Gasteiger partial charge in [0.1, 0.15) is 0 Å². The second-order valence-electron chi connectivity index (χ2n) is 5.37. The molecule has 2 aromatic rings. The van der Waals surface area contributed by atoms with E-state index in [1.165, 1.54) is 0 Å². The molecule has 0 unspecified atom stereocenters. The van der Waals surface area contributed by atoms with Crippen LogP contribution in [-0.2, 0) is 4.43 Å². The van der Waals surface area contributed by atoms with Crippen molar-refractivity contribution >= 4 is 13.5 Å². The largest absolute Gasteiger partial charge is 0.413 e. The predicted molar refractivity (Wildman–Crippen MR) is 80.5 cm³/mol. The minimum Gasteiger partial charge on any atom is -0.413 e. The smallest absolute Gasteiger partial charge is 0.218 e. The maximum Gasteiger partial charge on any atom is 0.218 e. The van der Waals surface area contributed by atoms with Crippen LogP contribution < -0.4 is 5.19 Å². The molecule has 0 amide bonds. The lowest BCUT2D eigenvalue weighted by molar-refractivity contribution is 0.339.